The van der Waals surface area contributed by atoms with Gasteiger partial charge in [0.25, 0.3) is 0 Å². The number of allylic oxidation sites excluding steroid dienone is 2. The molecule has 2 unspecified atom stereocenters. The number of methoxy groups -OCH3 is 1. The number of rotatable bonds is 32. The van der Waals surface area contributed by atoms with Gasteiger partial charge in [0, 0.05) is 26.4 Å². The highest BCUT2D eigenvalue weighted by atomic mass is 16.5. The molecule has 0 aromatic rings. The highest BCUT2D eigenvalue weighted by Crippen LogP contribution is 2.16. The molecule has 5 heteroatoms. The van der Waals surface area contributed by atoms with Crippen LogP contribution in [-0.2, 0) is 19.1 Å². The summed E-state index contributed by atoms with van der Waals surface area (Å²) in [4.78, 5) is 23.1. The minimum atomic E-state index is -0.697. The quantitative estimate of drug-likeness (QED) is 0.0478. The molecular formula is C37H68O5. The molecule has 5 nitrogen and oxygen atoms in total. The molecule has 0 heterocycles. The van der Waals surface area contributed by atoms with E-state index in [1.54, 1.807) is 0 Å². The smallest absolute Gasteiger partial charge is 0.306 e. The predicted molar refractivity (Wildman–Crippen MR) is 178 cm³/mol. The number of esters is 1. The van der Waals surface area contributed by atoms with E-state index in [0.717, 1.165) is 83.5 Å². The fourth-order valence-corrected chi connectivity index (χ4v) is 5.26. The van der Waals surface area contributed by atoms with Crippen LogP contribution in [0.5, 0.6) is 0 Å². The average Bonchev–Trinajstić information content (AvgIpc) is 2.97. The predicted octanol–water partition coefficient (Wildman–Crippen LogP) is 11.3. The molecule has 0 aliphatic rings. The van der Waals surface area contributed by atoms with Gasteiger partial charge in [0.05, 0.1) is 6.10 Å². The molecule has 0 radical (unpaired) electrons. The van der Waals surface area contributed by atoms with Crippen molar-refractivity contribution in [2.45, 2.75) is 193 Å². The zero-order valence-electron chi connectivity index (χ0n) is 27.9. The van der Waals surface area contributed by atoms with Gasteiger partial charge in [-0.15, -0.1) is 0 Å². The number of aliphatic carboxylic acids is 1. The molecule has 0 saturated carbocycles. The Morgan fingerprint density at radius 1 is 0.571 bits per heavy atom. The number of carboxylic acids is 1. The van der Waals surface area contributed by atoms with Crippen molar-refractivity contribution < 1.29 is 24.2 Å². The fraction of sp³-hybridized carbons (Fsp3) is 0.838. The highest BCUT2D eigenvalue weighted by Gasteiger charge is 2.13. The lowest BCUT2D eigenvalue weighted by molar-refractivity contribution is -0.149. The van der Waals surface area contributed by atoms with Crippen LogP contribution in [0.1, 0.15) is 181 Å². The van der Waals surface area contributed by atoms with Crippen molar-refractivity contribution in [3.8, 4) is 0 Å². The fourth-order valence-electron chi connectivity index (χ4n) is 5.26. The van der Waals surface area contributed by atoms with Crippen molar-refractivity contribution in [3.05, 3.63) is 24.3 Å². The Labute approximate surface area is 260 Å². The van der Waals surface area contributed by atoms with Crippen molar-refractivity contribution in [1.82, 2.24) is 0 Å². The summed E-state index contributed by atoms with van der Waals surface area (Å²) in [5.74, 6) is -0.729. The van der Waals surface area contributed by atoms with E-state index in [1.807, 2.05) is 7.11 Å². The van der Waals surface area contributed by atoms with E-state index in [1.165, 1.54) is 70.6 Å². The average molecular weight is 593 g/mol. The van der Waals surface area contributed by atoms with Crippen LogP contribution in [-0.4, -0.2) is 36.4 Å². The molecule has 0 fully saturated rings. The normalized spacial score (nSPS) is 13.2. The maximum atomic E-state index is 12.5. The van der Waals surface area contributed by atoms with Crippen LogP contribution in [0.15, 0.2) is 24.3 Å². The summed E-state index contributed by atoms with van der Waals surface area (Å²) in [5.41, 5.74) is 0. The standard InChI is InChI=1S/C37H68O5/c1-4-6-8-22-28-34(41-3)29-24-18-14-11-13-17-21-27-33-37(40)42-35(30-23-9-7-5-2)31-25-19-15-10-12-16-20-26-32-36(38)39/h18-19,24-25,34-35H,4-17,20-23,26-33H2,1-3H3,(H,38,39)/b24-18-,25-19-. The third-order valence-electron chi connectivity index (χ3n) is 8.04. The molecule has 42 heavy (non-hydrogen) atoms. The highest BCUT2D eigenvalue weighted by molar-refractivity contribution is 5.69. The van der Waals surface area contributed by atoms with Gasteiger partial charge >= 0.3 is 11.9 Å². The Morgan fingerprint density at radius 3 is 1.55 bits per heavy atom. The third kappa shape index (κ3) is 29.9. The first kappa shape index (κ1) is 40.4. The molecule has 1 N–H and O–H groups in total. The summed E-state index contributed by atoms with van der Waals surface area (Å²) in [5, 5.41) is 8.70. The molecular weight excluding hydrogens is 524 g/mol. The largest absolute Gasteiger partial charge is 0.481 e. The van der Waals surface area contributed by atoms with Crippen molar-refractivity contribution in [2.75, 3.05) is 7.11 Å². The van der Waals surface area contributed by atoms with Gasteiger partial charge in [0.15, 0.2) is 0 Å². The Kier molecular flexibility index (Phi) is 31.1. The first-order valence-corrected chi connectivity index (χ1v) is 17.8. The lowest BCUT2D eigenvalue weighted by Gasteiger charge is -2.16. The lowest BCUT2D eigenvalue weighted by Crippen LogP contribution is -2.17. The van der Waals surface area contributed by atoms with Crippen molar-refractivity contribution in [2.24, 2.45) is 0 Å². The summed E-state index contributed by atoms with van der Waals surface area (Å²) in [6.45, 7) is 4.47. The number of hydrogen-bond acceptors (Lipinski definition) is 4. The second-order valence-electron chi connectivity index (χ2n) is 12.1. The Morgan fingerprint density at radius 2 is 1.02 bits per heavy atom. The number of ether oxygens (including phenoxy) is 2. The van der Waals surface area contributed by atoms with Crippen LogP contribution < -0.4 is 0 Å². The van der Waals surface area contributed by atoms with E-state index in [2.05, 4.69) is 38.2 Å². The molecule has 0 aromatic carbocycles. The minimum absolute atomic E-state index is 0.00228. The van der Waals surface area contributed by atoms with E-state index in [0.29, 0.717) is 12.5 Å². The van der Waals surface area contributed by atoms with E-state index < -0.39 is 5.97 Å². The van der Waals surface area contributed by atoms with Gasteiger partial charge in [0.1, 0.15) is 6.10 Å². The van der Waals surface area contributed by atoms with Crippen LogP contribution >= 0.6 is 0 Å². The molecule has 0 saturated heterocycles. The summed E-state index contributed by atoms with van der Waals surface area (Å²) < 4.78 is 11.5. The van der Waals surface area contributed by atoms with Crippen LogP contribution in [0.25, 0.3) is 0 Å². The Hall–Kier alpha value is -1.62. The van der Waals surface area contributed by atoms with Gasteiger partial charge in [-0.2, -0.15) is 0 Å². The summed E-state index contributed by atoms with van der Waals surface area (Å²) in [6.07, 6.45) is 37.1. The van der Waals surface area contributed by atoms with E-state index in [9.17, 15) is 9.59 Å². The number of carbonyl (C=O) groups excluding carboxylic acids is 1. The first-order valence-electron chi connectivity index (χ1n) is 17.8. The summed E-state index contributed by atoms with van der Waals surface area (Å²) in [6, 6.07) is 0. The zero-order valence-corrected chi connectivity index (χ0v) is 27.9. The Balaban J connectivity index is 4.01. The van der Waals surface area contributed by atoms with Gasteiger partial charge in [-0.1, -0.05) is 122 Å². The summed E-state index contributed by atoms with van der Waals surface area (Å²) >= 11 is 0. The van der Waals surface area contributed by atoms with Gasteiger partial charge in [-0.3, -0.25) is 9.59 Å². The monoisotopic (exact) mass is 593 g/mol. The zero-order chi connectivity index (χ0) is 30.9. The number of hydrogen-bond donors (Lipinski definition) is 1. The molecule has 0 amide bonds. The topological polar surface area (TPSA) is 72.8 Å². The molecule has 0 aromatic heterocycles. The van der Waals surface area contributed by atoms with E-state index in [-0.39, 0.29) is 18.5 Å². The molecule has 246 valence electrons. The number of carboxylic acid groups (broad SMARTS) is 1. The van der Waals surface area contributed by atoms with Gasteiger partial charge in [-0.25, -0.2) is 0 Å². The van der Waals surface area contributed by atoms with Gasteiger partial charge in [0.2, 0.25) is 0 Å². The van der Waals surface area contributed by atoms with Gasteiger partial charge < -0.3 is 14.6 Å². The molecule has 0 rings (SSSR count). The maximum absolute atomic E-state index is 12.5. The van der Waals surface area contributed by atoms with Crippen molar-refractivity contribution in [3.63, 3.8) is 0 Å². The first-order chi connectivity index (χ1) is 20.5. The molecule has 0 bridgehead atoms. The third-order valence-corrected chi connectivity index (χ3v) is 8.04. The lowest BCUT2D eigenvalue weighted by atomic mass is 10.1. The second kappa shape index (κ2) is 32.3. The molecule has 0 spiro atoms. The number of unbranched alkanes of at least 4 members (excludes halogenated alkanes) is 16. The van der Waals surface area contributed by atoms with E-state index in [4.69, 9.17) is 14.6 Å². The Bertz CT molecular complexity index is 657. The summed E-state index contributed by atoms with van der Waals surface area (Å²) in [7, 11) is 1.83. The number of carbonyl (C=O) groups is 2. The van der Waals surface area contributed by atoms with Crippen LogP contribution in [0, 0.1) is 0 Å². The van der Waals surface area contributed by atoms with Crippen LogP contribution in [0.2, 0.25) is 0 Å². The minimum Gasteiger partial charge on any atom is -0.481 e. The SMILES string of the molecule is CCCCCCC(C/C=C\CCCCCCCC(=O)OC(C/C=C\CCCCCCCC(=O)O)CCCCCC)OC. The van der Waals surface area contributed by atoms with E-state index >= 15 is 0 Å². The maximum Gasteiger partial charge on any atom is 0.306 e. The van der Waals surface area contributed by atoms with Gasteiger partial charge in [-0.05, 0) is 64.2 Å². The molecule has 2 atom stereocenters. The molecule has 0 aliphatic carbocycles. The van der Waals surface area contributed by atoms with Crippen LogP contribution in [0.4, 0.5) is 0 Å². The van der Waals surface area contributed by atoms with Crippen molar-refractivity contribution >= 4 is 11.9 Å². The second-order valence-corrected chi connectivity index (χ2v) is 12.1. The van der Waals surface area contributed by atoms with Crippen molar-refractivity contribution in [1.29, 1.82) is 0 Å². The molecule has 0 aliphatic heterocycles. The van der Waals surface area contributed by atoms with Crippen LogP contribution in [0.3, 0.4) is 0 Å².